The van der Waals surface area contributed by atoms with E-state index in [1.165, 1.54) is 28.1 Å². The first-order chi connectivity index (χ1) is 15.4. The van der Waals surface area contributed by atoms with Gasteiger partial charge in [0.25, 0.3) is 5.91 Å². The lowest BCUT2D eigenvalue weighted by molar-refractivity contribution is -0.125. The number of sulfonamides is 1. The standard InChI is InChI=1S/C23H25ClN2O5S/c24-20-11-10-17(32(29,30)26-12-3-4-13-26)14-19(20)23(28)31-15-22(27)25-21-9-5-7-16-6-1-2-8-18(16)21/h1-2,6,8,10-11,14,21H,3-5,7,9,12-13,15H2,(H,25,27). The van der Waals surface area contributed by atoms with Gasteiger partial charge in [0.15, 0.2) is 6.61 Å². The predicted octanol–water partition coefficient (Wildman–Crippen LogP) is 3.48. The van der Waals surface area contributed by atoms with Gasteiger partial charge in [-0.3, -0.25) is 4.79 Å². The molecule has 1 amide bonds. The molecule has 4 rings (SSSR count). The van der Waals surface area contributed by atoms with E-state index < -0.39 is 28.5 Å². The van der Waals surface area contributed by atoms with E-state index in [0.717, 1.165) is 37.7 Å². The molecular weight excluding hydrogens is 452 g/mol. The zero-order valence-corrected chi connectivity index (χ0v) is 19.1. The molecule has 0 aromatic heterocycles. The van der Waals surface area contributed by atoms with Crippen LogP contribution in [-0.2, 0) is 26.0 Å². The number of hydrogen-bond donors (Lipinski definition) is 1. The Morgan fingerprint density at radius 3 is 2.62 bits per heavy atom. The van der Waals surface area contributed by atoms with Gasteiger partial charge in [0, 0.05) is 13.1 Å². The van der Waals surface area contributed by atoms with Crippen LogP contribution in [0, 0.1) is 0 Å². The van der Waals surface area contributed by atoms with Gasteiger partial charge in [-0.25, -0.2) is 13.2 Å². The maximum atomic E-state index is 12.8. The molecule has 1 atom stereocenters. The van der Waals surface area contributed by atoms with Crippen molar-refractivity contribution in [1.82, 2.24) is 9.62 Å². The van der Waals surface area contributed by atoms with E-state index in [-0.39, 0.29) is 21.5 Å². The molecule has 2 aromatic carbocycles. The summed E-state index contributed by atoms with van der Waals surface area (Å²) in [5.74, 6) is -1.26. The molecule has 0 saturated carbocycles. The first-order valence-electron chi connectivity index (χ1n) is 10.7. The SMILES string of the molecule is O=C(COC(=O)c1cc(S(=O)(=O)N2CCCC2)ccc1Cl)NC1CCCc2ccccc21. The van der Waals surface area contributed by atoms with Crippen LogP contribution in [0.2, 0.25) is 5.02 Å². The Labute approximate surface area is 192 Å². The summed E-state index contributed by atoms with van der Waals surface area (Å²) in [7, 11) is -3.70. The van der Waals surface area contributed by atoms with Gasteiger partial charge in [-0.05, 0) is 61.4 Å². The zero-order valence-electron chi connectivity index (χ0n) is 17.6. The van der Waals surface area contributed by atoms with E-state index in [4.69, 9.17) is 16.3 Å². The highest BCUT2D eigenvalue weighted by Gasteiger charge is 2.29. The summed E-state index contributed by atoms with van der Waals surface area (Å²) in [5, 5.41) is 2.98. The molecule has 7 nitrogen and oxygen atoms in total. The molecule has 1 aliphatic heterocycles. The average molecular weight is 477 g/mol. The topological polar surface area (TPSA) is 92.8 Å². The van der Waals surface area contributed by atoms with Crippen LogP contribution >= 0.6 is 11.6 Å². The Morgan fingerprint density at radius 1 is 1.09 bits per heavy atom. The number of ether oxygens (including phenoxy) is 1. The lowest BCUT2D eigenvalue weighted by Gasteiger charge is -2.26. The van der Waals surface area contributed by atoms with Crippen molar-refractivity contribution in [2.24, 2.45) is 0 Å². The van der Waals surface area contributed by atoms with Crippen LogP contribution in [0.25, 0.3) is 0 Å². The van der Waals surface area contributed by atoms with E-state index in [1.54, 1.807) is 0 Å². The van der Waals surface area contributed by atoms with Crippen molar-refractivity contribution in [3.05, 3.63) is 64.2 Å². The molecule has 2 aliphatic rings. The number of halogens is 1. The number of rotatable bonds is 6. The quantitative estimate of drug-likeness (QED) is 0.644. The summed E-state index contributed by atoms with van der Waals surface area (Å²) in [6, 6.07) is 11.8. The number of fused-ring (bicyclic) bond motifs is 1. The molecular formula is C23H25ClN2O5S. The third-order valence-electron chi connectivity index (χ3n) is 5.90. The predicted molar refractivity (Wildman–Crippen MR) is 120 cm³/mol. The van der Waals surface area contributed by atoms with Crippen LogP contribution in [0.5, 0.6) is 0 Å². The maximum Gasteiger partial charge on any atom is 0.340 e. The van der Waals surface area contributed by atoms with Gasteiger partial charge in [-0.15, -0.1) is 0 Å². The van der Waals surface area contributed by atoms with Gasteiger partial charge >= 0.3 is 5.97 Å². The number of nitrogens with one attached hydrogen (secondary N) is 1. The maximum absolute atomic E-state index is 12.8. The van der Waals surface area contributed by atoms with Gasteiger partial charge in [-0.1, -0.05) is 35.9 Å². The van der Waals surface area contributed by atoms with Gasteiger partial charge in [0.1, 0.15) is 0 Å². The number of carbonyl (C=O) groups excluding carboxylic acids is 2. The summed E-state index contributed by atoms with van der Waals surface area (Å²) >= 11 is 6.12. The Kier molecular flexibility index (Phi) is 6.83. The van der Waals surface area contributed by atoms with E-state index in [9.17, 15) is 18.0 Å². The molecule has 1 saturated heterocycles. The molecule has 1 unspecified atom stereocenters. The van der Waals surface area contributed by atoms with Gasteiger partial charge < -0.3 is 10.1 Å². The van der Waals surface area contributed by atoms with Crippen LogP contribution in [0.4, 0.5) is 0 Å². The second-order valence-electron chi connectivity index (χ2n) is 8.04. The van der Waals surface area contributed by atoms with Crippen LogP contribution < -0.4 is 5.32 Å². The van der Waals surface area contributed by atoms with Crippen LogP contribution in [0.15, 0.2) is 47.4 Å². The molecule has 0 spiro atoms. The summed E-state index contributed by atoms with van der Waals surface area (Å²) in [4.78, 5) is 25.0. The highest BCUT2D eigenvalue weighted by molar-refractivity contribution is 7.89. The number of carbonyl (C=O) groups is 2. The largest absolute Gasteiger partial charge is 0.452 e. The first kappa shape index (κ1) is 22.8. The zero-order chi connectivity index (χ0) is 22.7. The van der Waals surface area contributed by atoms with Crippen LogP contribution in [-0.4, -0.2) is 44.3 Å². The first-order valence-corrected chi connectivity index (χ1v) is 12.5. The van der Waals surface area contributed by atoms with Gasteiger partial charge in [0.2, 0.25) is 10.0 Å². The minimum Gasteiger partial charge on any atom is -0.452 e. The Hall–Kier alpha value is -2.42. The lowest BCUT2D eigenvalue weighted by Crippen LogP contribution is -2.34. The van der Waals surface area contributed by atoms with Crippen molar-refractivity contribution in [3.63, 3.8) is 0 Å². The summed E-state index contributed by atoms with van der Waals surface area (Å²) < 4.78 is 32.1. The Balaban J connectivity index is 1.41. The molecule has 1 N–H and O–H groups in total. The monoisotopic (exact) mass is 476 g/mol. The fraction of sp³-hybridized carbons (Fsp3) is 0.391. The van der Waals surface area contributed by atoms with Crippen molar-refractivity contribution in [3.8, 4) is 0 Å². The molecule has 32 heavy (non-hydrogen) atoms. The molecule has 1 heterocycles. The fourth-order valence-electron chi connectivity index (χ4n) is 4.25. The van der Waals surface area contributed by atoms with Crippen molar-refractivity contribution >= 4 is 33.5 Å². The molecule has 0 bridgehead atoms. The number of nitrogens with zero attached hydrogens (tertiary/aromatic N) is 1. The number of aryl methyl sites for hydroxylation is 1. The molecule has 9 heteroatoms. The van der Waals surface area contributed by atoms with Crippen molar-refractivity contribution in [2.75, 3.05) is 19.7 Å². The Bertz CT molecular complexity index is 1130. The van der Waals surface area contributed by atoms with Crippen molar-refractivity contribution < 1.29 is 22.7 Å². The molecule has 1 fully saturated rings. The summed E-state index contributed by atoms with van der Waals surface area (Å²) in [5.41, 5.74) is 2.22. The van der Waals surface area contributed by atoms with Gasteiger partial charge in [0.05, 0.1) is 21.5 Å². The van der Waals surface area contributed by atoms with Crippen LogP contribution in [0.1, 0.15) is 53.2 Å². The van der Waals surface area contributed by atoms with Gasteiger partial charge in [-0.2, -0.15) is 4.31 Å². The molecule has 2 aromatic rings. The van der Waals surface area contributed by atoms with E-state index in [0.29, 0.717) is 13.1 Å². The fourth-order valence-corrected chi connectivity index (χ4v) is 5.99. The van der Waals surface area contributed by atoms with Crippen molar-refractivity contribution in [2.45, 2.75) is 43.0 Å². The normalized spacial score (nSPS) is 18.7. The second-order valence-corrected chi connectivity index (χ2v) is 10.4. The number of benzene rings is 2. The highest BCUT2D eigenvalue weighted by atomic mass is 35.5. The lowest BCUT2D eigenvalue weighted by atomic mass is 9.88. The van der Waals surface area contributed by atoms with Crippen molar-refractivity contribution in [1.29, 1.82) is 0 Å². The number of esters is 1. The molecule has 0 radical (unpaired) electrons. The smallest absolute Gasteiger partial charge is 0.340 e. The molecule has 1 aliphatic carbocycles. The third kappa shape index (κ3) is 4.82. The van der Waals surface area contributed by atoms with E-state index >= 15 is 0 Å². The minimum absolute atomic E-state index is 0.0148. The van der Waals surface area contributed by atoms with Crippen LogP contribution in [0.3, 0.4) is 0 Å². The third-order valence-corrected chi connectivity index (χ3v) is 8.12. The van der Waals surface area contributed by atoms with E-state index in [1.807, 2.05) is 18.2 Å². The molecule has 170 valence electrons. The second kappa shape index (κ2) is 9.60. The highest BCUT2D eigenvalue weighted by Crippen LogP contribution is 2.29. The Morgan fingerprint density at radius 2 is 1.84 bits per heavy atom. The number of hydrogen-bond acceptors (Lipinski definition) is 5. The minimum atomic E-state index is -3.70. The number of amides is 1. The summed E-state index contributed by atoms with van der Waals surface area (Å²) in [6.45, 7) is 0.432. The van der Waals surface area contributed by atoms with E-state index in [2.05, 4.69) is 11.4 Å². The summed E-state index contributed by atoms with van der Waals surface area (Å²) in [6.07, 6.45) is 4.38. The average Bonchev–Trinajstić information content (AvgIpc) is 3.34.